The average Bonchev–Trinajstić information content (AvgIpc) is 3.01. The van der Waals surface area contributed by atoms with Crippen LogP contribution in [0.15, 0.2) is 54.7 Å². The summed E-state index contributed by atoms with van der Waals surface area (Å²) in [6.45, 7) is 0.697. The first-order chi connectivity index (χ1) is 10.3. The summed E-state index contributed by atoms with van der Waals surface area (Å²) in [6.07, 6.45) is 2.58. The van der Waals surface area contributed by atoms with Crippen LogP contribution in [-0.4, -0.2) is 17.4 Å². The molecule has 0 saturated heterocycles. The van der Waals surface area contributed by atoms with Gasteiger partial charge in [-0.1, -0.05) is 18.2 Å². The first kappa shape index (κ1) is 12.1. The summed E-state index contributed by atoms with van der Waals surface area (Å²) in [7, 11) is 0. The Bertz CT molecular complexity index is 849. The first-order valence-electron chi connectivity index (χ1n) is 6.97. The van der Waals surface area contributed by atoms with Crippen LogP contribution in [0.1, 0.15) is 21.5 Å². The summed E-state index contributed by atoms with van der Waals surface area (Å²) in [5.74, 6) is 0.900. The van der Waals surface area contributed by atoms with Gasteiger partial charge in [0, 0.05) is 29.1 Å². The maximum atomic E-state index is 12.8. The normalized spacial score (nSPS) is 13.0. The van der Waals surface area contributed by atoms with Gasteiger partial charge in [-0.15, -0.1) is 0 Å². The van der Waals surface area contributed by atoms with E-state index in [0.29, 0.717) is 17.7 Å². The number of rotatable bonds is 2. The molecular formula is C18H13NO2. The van der Waals surface area contributed by atoms with E-state index in [4.69, 9.17) is 4.74 Å². The number of fused-ring (bicyclic) bond motifs is 2. The van der Waals surface area contributed by atoms with E-state index in [1.165, 1.54) is 0 Å². The van der Waals surface area contributed by atoms with E-state index >= 15 is 0 Å². The van der Waals surface area contributed by atoms with Crippen LogP contribution < -0.4 is 4.74 Å². The Morgan fingerprint density at radius 1 is 1.10 bits per heavy atom. The van der Waals surface area contributed by atoms with Crippen molar-refractivity contribution in [2.45, 2.75) is 6.42 Å². The molecule has 0 aliphatic carbocycles. The lowest BCUT2D eigenvalue weighted by Crippen LogP contribution is -2.03. The van der Waals surface area contributed by atoms with Gasteiger partial charge in [0.05, 0.1) is 12.1 Å². The van der Waals surface area contributed by atoms with Crippen molar-refractivity contribution in [3.8, 4) is 5.75 Å². The Labute approximate surface area is 122 Å². The SMILES string of the molecule is O=C(c1ccc2c(c1)CCO2)c1cccc2cccnc12. The number of ether oxygens (including phenoxy) is 1. The van der Waals surface area contributed by atoms with Crippen molar-refractivity contribution < 1.29 is 9.53 Å². The average molecular weight is 275 g/mol. The highest BCUT2D eigenvalue weighted by atomic mass is 16.5. The Morgan fingerprint density at radius 3 is 2.95 bits per heavy atom. The van der Waals surface area contributed by atoms with E-state index in [9.17, 15) is 4.79 Å². The molecule has 1 aliphatic rings. The minimum atomic E-state index is 0.00833. The Morgan fingerprint density at radius 2 is 2.00 bits per heavy atom. The molecule has 0 radical (unpaired) electrons. The minimum Gasteiger partial charge on any atom is -0.493 e. The number of carbonyl (C=O) groups is 1. The van der Waals surface area contributed by atoms with Crippen LogP contribution in [0.5, 0.6) is 5.75 Å². The second-order valence-corrected chi connectivity index (χ2v) is 5.13. The Balaban J connectivity index is 1.83. The molecule has 0 unspecified atom stereocenters. The van der Waals surface area contributed by atoms with Crippen molar-refractivity contribution in [1.29, 1.82) is 0 Å². The third-order valence-electron chi connectivity index (χ3n) is 3.83. The zero-order chi connectivity index (χ0) is 14.2. The lowest BCUT2D eigenvalue weighted by Gasteiger charge is -2.06. The van der Waals surface area contributed by atoms with Crippen LogP contribution in [-0.2, 0) is 6.42 Å². The van der Waals surface area contributed by atoms with Gasteiger partial charge in [0.25, 0.3) is 0 Å². The van der Waals surface area contributed by atoms with Gasteiger partial charge in [-0.25, -0.2) is 0 Å². The van der Waals surface area contributed by atoms with Crippen LogP contribution in [0.25, 0.3) is 10.9 Å². The van der Waals surface area contributed by atoms with Crippen LogP contribution in [0, 0.1) is 0 Å². The molecular weight excluding hydrogens is 262 g/mol. The number of hydrogen-bond donors (Lipinski definition) is 0. The molecule has 3 heteroatoms. The van der Waals surface area contributed by atoms with Crippen LogP contribution in [0.2, 0.25) is 0 Å². The molecule has 3 nitrogen and oxygen atoms in total. The van der Waals surface area contributed by atoms with Gasteiger partial charge in [0.1, 0.15) is 5.75 Å². The van der Waals surface area contributed by atoms with Gasteiger partial charge in [0.15, 0.2) is 5.78 Å². The smallest absolute Gasteiger partial charge is 0.195 e. The highest BCUT2D eigenvalue weighted by Gasteiger charge is 2.17. The zero-order valence-electron chi connectivity index (χ0n) is 11.4. The molecule has 0 saturated carbocycles. The van der Waals surface area contributed by atoms with Crippen LogP contribution in [0.3, 0.4) is 0 Å². The summed E-state index contributed by atoms with van der Waals surface area (Å²) in [5.41, 5.74) is 3.19. The Kier molecular flexibility index (Phi) is 2.71. The van der Waals surface area contributed by atoms with Crippen molar-refractivity contribution in [3.63, 3.8) is 0 Å². The van der Waals surface area contributed by atoms with E-state index in [1.807, 2.05) is 48.5 Å². The van der Waals surface area contributed by atoms with Crippen molar-refractivity contribution in [2.75, 3.05) is 6.61 Å². The maximum absolute atomic E-state index is 12.8. The summed E-state index contributed by atoms with van der Waals surface area (Å²) < 4.78 is 5.49. The fourth-order valence-corrected chi connectivity index (χ4v) is 2.77. The number of pyridine rings is 1. The number of hydrogen-bond acceptors (Lipinski definition) is 3. The number of para-hydroxylation sites is 1. The van der Waals surface area contributed by atoms with Crippen molar-refractivity contribution in [3.05, 3.63) is 71.4 Å². The predicted molar refractivity (Wildman–Crippen MR) is 80.8 cm³/mol. The third-order valence-corrected chi connectivity index (χ3v) is 3.83. The maximum Gasteiger partial charge on any atom is 0.195 e. The number of aromatic nitrogens is 1. The molecule has 0 bridgehead atoms. The van der Waals surface area contributed by atoms with Gasteiger partial charge in [0.2, 0.25) is 0 Å². The van der Waals surface area contributed by atoms with E-state index in [0.717, 1.165) is 28.6 Å². The topological polar surface area (TPSA) is 39.2 Å². The first-order valence-corrected chi connectivity index (χ1v) is 6.97. The molecule has 3 aromatic rings. The van der Waals surface area contributed by atoms with Crippen LogP contribution >= 0.6 is 0 Å². The van der Waals surface area contributed by atoms with E-state index in [-0.39, 0.29) is 5.78 Å². The molecule has 0 fully saturated rings. The standard InChI is InChI=1S/C18H13NO2/c20-18(14-6-7-16-13(11-14)8-10-21-16)15-5-1-3-12-4-2-9-19-17(12)15/h1-7,9,11H,8,10H2. The fourth-order valence-electron chi connectivity index (χ4n) is 2.77. The zero-order valence-corrected chi connectivity index (χ0v) is 11.4. The van der Waals surface area contributed by atoms with Gasteiger partial charge in [-0.05, 0) is 35.9 Å². The molecule has 21 heavy (non-hydrogen) atoms. The number of nitrogens with zero attached hydrogens (tertiary/aromatic N) is 1. The third kappa shape index (κ3) is 1.98. The summed E-state index contributed by atoms with van der Waals surface area (Å²) in [4.78, 5) is 17.1. The van der Waals surface area contributed by atoms with Gasteiger partial charge in [-0.2, -0.15) is 0 Å². The minimum absolute atomic E-state index is 0.00833. The predicted octanol–water partition coefficient (Wildman–Crippen LogP) is 3.40. The molecule has 0 spiro atoms. The van der Waals surface area contributed by atoms with Gasteiger partial charge < -0.3 is 4.74 Å². The second-order valence-electron chi connectivity index (χ2n) is 5.13. The molecule has 1 aromatic heterocycles. The fraction of sp³-hybridized carbons (Fsp3) is 0.111. The lowest BCUT2D eigenvalue weighted by atomic mass is 9.98. The van der Waals surface area contributed by atoms with E-state index < -0.39 is 0 Å². The molecule has 2 heterocycles. The van der Waals surface area contributed by atoms with Crippen LogP contribution in [0.4, 0.5) is 0 Å². The monoisotopic (exact) mass is 275 g/mol. The van der Waals surface area contributed by atoms with Crippen molar-refractivity contribution in [1.82, 2.24) is 4.98 Å². The molecule has 102 valence electrons. The molecule has 0 N–H and O–H groups in total. The van der Waals surface area contributed by atoms with Gasteiger partial charge in [-0.3, -0.25) is 9.78 Å². The van der Waals surface area contributed by atoms with E-state index in [2.05, 4.69) is 4.98 Å². The molecule has 4 rings (SSSR count). The Hall–Kier alpha value is -2.68. The van der Waals surface area contributed by atoms with Gasteiger partial charge >= 0.3 is 0 Å². The van der Waals surface area contributed by atoms with E-state index in [1.54, 1.807) is 6.20 Å². The largest absolute Gasteiger partial charge is 0.493 e. The lowest BCUT2D eigenvalue weighted by molar-refractivity contribution is 0.104. The number of ketones is 1. The number of carbonyl (C=O) groups excluding carboxylic acids is 1. The molecule has 0 atom stereocenters. The second kappa shape index (κ2) is 4.70. The number of benzene rings is 2. The summed E-state index contributed by atoms with van der Waals surface area (Å²) in [6, 6.07) is 15.2. The summed E-state index contributed by atoms with van der Waals surface area (Å²) >= 11 is 0. The highest BCUT2D eigenvalue weighted by molar-refractivity contribution is 6.15. The highest BCUT2D eigenvalue weighted by Crippen LogP contribution is 2.27. The van der Waals surface area contributed by atoms with Crippen molar-refractivity contribution in [2.24, 2.45) is 0 Å². The quantitative estimate of drug-likeness (QED) is 0.673. The molecule has 1 aliphatic heterocycles. The molecule has 2 aromatic carbocycles. The summed E-state index contributed by atoms with van der Waals surface area (Å²) in [5, 5.41) is 0.979. The van der Waals surface area contributed by atoms with Crippen molar-refractivity contribution >= 4 is 16.7 Å². The molecule has 0 amide bonds.